The number of thioether (sulfide) groups is 1. The summed E-state index contributed by atoms with van der Waals surface area (Å²) in [5, 5.41) is 12.1. The van der Waals surface area contributed by atoms with E-state index in [1.165, 1.54) is 11.8 Å². The van der Waals surface area contributed by atoms with E-state index in [2.05, 4.69) is 34.3 Å². The summed E-state index contributed by atoms with van der Waals surface area (Å²) in [6.07, 6.45) is 0. The molecular weight excluding hydrogens is 420 g/mol. The zero-order chi connectivity index (χ0) is 21.5. The van der Waals surface area contributed by atoms with E-state index in [1.54, 1.807) is 6.07 Å². The van der Waals surface area contributed by atoms with E-state index in [0.29, 0.717) is 16.1 Å². The molecule has 0 bridgehead atoms. The summed E-state index contributed by atoms with van der Waals surface area (Å²) in [6, 6.07) is 15.3. The van der Waals surface area contributed by atoms with Crippen molar-refractivity contribution in [3.63, 3.8) is 0 Å². The number of carbonyl (C=O) groups is 1. The van der Waals surface area contributed by atoms with Gasteiger partial charge in [-0.2, -0.15) is 0 Å². The van der Waals surface area contributed by atoms with Crippen molar-refractivity contribution >= 4 is 35.0 Å². The van der Waals surface area contributed by atoms with Crippen molar-refractivity contribution < 1.29 is 9.21 Å². The van der Waals surface area contributed by atoms with Crippen molar-refractivity contribution in [1.29, 1.82) is 0 Å². The Kier molecular flexibility index (Phi) is 7.76. The van der Waals surface area contributed by atoms with Gasteiger partial charge in [-0.15, -0.1) is 10.2 Å². The van der Waals surface area contributed by atoms with E-state index >= 15 is 0 Å². The third-order valence-electron chi connectivity index (χ3n) is 4.70. The normalized spacial score (nSPS) is 11.9. The van der Waals surface area contributed by atoms with Gasteiger partial charge >= 0.3 is 0 Å². The minimum Gasteiger partial charge on any atom is -0.411 e. The molecule has 0 fully saturated rings. The zero-order valence-corrected chi connectivity index (χ0v) is 18.8. The molecule has 1 atom stereocenters. The summed E-state index contributed by atoms with van der Waals surface area (Å²) in [6.45, 7) is 8.08. The highest BCUT2D eigenvalue weighted by molar-refractivity contribution is 7.99. The lowest BCUT2D eigenvalue weighted by molar-refractivity contribution is -0.119. The molecule has 8 heteroatoms. The fraction of sp³-hybridized carbons (Fsp3) is 0.318. The monoisotopic (exact) mass is 444 g/mol. The molecule has 3 rings (SSSR count). The molecule has 0 aliphatic heterocycles. The molecule has 1 heterocycles. The van der Waals surface area contributed by atoms with Gasteiger partial charge in [0, 0.05) is 29.4 Å². The van der Waals surface area contributed by atoms with Gasteiger partial charge in [0.25, 0.3) is 5.22 Å². The average molecular weight is 445 g/mol. The van der Waals surface area contributed by atoms with Gasteiger partial charge in [0.05, 0.1) is 11.8 Å². The van der Waals surface area contributed by atoms with Crippen LogP contribution in [0.1, 0.15) is 32.4 Å². The SMILES string of the molecule is CCN(CC)c1ccc(-c2nnc(SCC(=O)NC(C)c3cccc(Cl)c3)o2)cc1. The number of amides is 1. The molecule has 0 spiro atoms. The predicted molar refractivity (Wildman–Crippen MR) is 122 cm³/mol. The molecule has 1 N–H and O–H groups in total. The lowest BCUT2D eigenvalue weighted by Gasteiger charge is -2.20. The molecule has 1 unspecified atom stereocenters. The van der Waals surface area contributed by atoms with Gasteiger partial charge in [-0.05, 0) is 62.7 Å². The van der Waals surface area contributed by atoms with Gasteiger partial charge in [-0.1, -0.05) is 35.5 Å². The largest absolute Gasteiger partial charge is 0.411 e. The molecule has 0 aliphatic carbocycles. The van der Waals surface area contributed by atoms with Crippen molar-refractivity contribution in [2.75, 3.05) is 23.7 Å². The van der Waals surface area contributed by atoms with Crippen molar-refractivity contribution in [1.82, 2.24) is 15.5 Å². The zero-order valence-electron chi connectivity index (χ0n) is 17.3. The number of benzene rings is 2. The number of hydrogen-bond donors (Lipinski definition) is 1. The maximum absolute atomic E-state index is 12.3. The Morgan fingerprint density at radius 2 is 1.90 bits per heavy atom. The van der Waals surface area contributed by atoms with Crippen LogP contribution in [-0.4, -0.2) is 34.9 Å². The second-order valence-corrected chi connectivity index (χ2v) is 8.09. The molecule has 1 amide bonds. The second-order valence-electron chi connectivity index (χ2n) is 6.73. The fourth-order valence-corrected chi connectivity index (χ4v) is 3.83. The highest BCUT2D eigenvalue weighted by Gasteiger charge is 2.14. The Labute approximate surface area is 186 Å². The molecule has 158 valence electrons. The lowest BCUT2D eigenvalue weighted by atomic mass is 10.1. The fourth-order valence-electron chi connectivity index (χ4n) is 3.06. The Morgan fingerprint density at radius 3 is 2.57 bits per heavy atom. The summed E-state index contributed by atoms with van der Waals surface area (Å²) in [4.78, 5) is 14.5. The van der Waals surface area contributed by atoms with Gasteiger partial charge in [0.15, 0.2) is 0 Å². The number of aromatic nitrogens is 2. The van der Waals surface area contributed by atoms with Crippen molar-refractivity contribution in [3.05, 3.63) is 59.1 Å². The third-order valence-corrected chi connectivity index (χ3v) is 5.76. The standard InChI is InChI=1S/C22H25ClN4O2S/c1-4-27(5-2)19-11-9-16(10-12-19)21-25-26-22(29-21)30-14-20(28)24-15(3)17-7-6-8-18(23)13-17/h6-13,15H,4-5,14H2,1-3H3,(H,24,28). The van der Waals surface area contributed by atoms with Crippen LogP contribution >= 0.6 is 23.4 Å². The number of nitrogens with zero attached hydrogens (tertiary/aromatic N) is 3. The molecule has 0 saturated carbocycles. The average Bonchev–Trinajstić information content (AvgIpc) is 3.23. The number of anilines is 1. The van der Waals surface area contributed by atoms with Crippen LogP contribution in [0.2, 0.25) is 5.02 Å². The Balaban J connectivity index is 1.54. The molecule has 1 aromatic heterocycles. The van der Waals surface area contributed by atoms with E-state index in [4.69, 9.17) is 16.0 Å². The molecule has 6 nitrogen and oxygen atoms in total. The number of carbonyl (C=O) groups excluding carboxylic acids is 1. The molecule has 0 radical (unpaired) electrons. The van der Waals surface area contributed by atoms with E-state index in [0.717, 1.165) is 29.9 Å². The van der Waals surface area contributed by atoms with E-state index < -0.39 is 0 Å². The quantitative estimate of drug-likeness (QED) is 0.457. The van der Waals surface area contributed by atoms with Crippen LogP contribution in [0.5, 0.6) is 0 Å². The number of hydrogen-bond acceptors (Lipinski definition) is 6. The van der Waals surface area contributed by atoms with E-state index in [-0.39, 0.29) is 17.7 Å². The van der Waals surface area contributed by atoms with Gasteiger partial charge in [0.2, 0.25) is 11.8 Å². The number of halogens is 1. The summed E-state index contributed by atoms with van der Waals surface area (Å²) in [5.41, 5.74) is 2.96. The first-order valence-electron chi connectivity index (χ1n) is 9.86. The molecular formula is C22H25ClN4O2S. The van der Waals surface area contributed by atoms with Gasteiger partial charge in [-0.25, -0.2) is 0 Å². The molecule has 3 aromatic rings. The number of nitrogens with one attached hydrogen (secondary N) is 1. The maximum atomic E-state index is 12.3. The maximum Gasteiger partial charge on any atom is 0.277 e. The van der Waals surface area contributed by atoms with Gasteiger partial charge in [0.1, 0.15) is 0 Å². The highest BCUT2D eigenvalue weighted by atomic mass is 35.5. The van der Waals surface area contributed by atoms with E-state index in [1.807, 2.05) is 49.4 Å². The Hall–Kier alpha value is -2.51. The van der Waals surface area contributed by atoms with Gasteiger partial charge in [-0.3, -0.25) is 4.79 Å². The molecule has 0 saturated heterocycles. The number of rotatable bonds is 9. The minimum absolute atomic E-state index is 0.115. The van der Waals surface area contributed by atoms with Crippen LogP contribution in [0.3, 0.4) is 0 Å². The molecule has 2 aromatic carbocycles. The van der Waals surface area contributed by atoms with Crippen molar-refractivity contribution in [2.45, 2.75) is 32.0 Å². The van der Waals surface area contributed by atoms with Crippen molar-refractivity contribution in [3.8, 4) is 11.5 Å². The molecule has 0 aliphatic rings. The summed E-state index contributed by atoms with van der Waals surface area (Å²) in [5.74, 6) is 0.514. The van der Waals surface area contributed by atoms with Crippen LogP contribution in [0.4, 0.5) is 5.69 Å². The van der Waals surface area contributed by atoms with E-state index in [9.17, 15) is 4.79 Å². The molecule has 30 heavy (non-hydrogen) atoms. The van der Waals surface area contributed by atoms with Crippen molar-refractivity contribution in [2.24, 2.45) is 0 Å². The first kappa shape index (κ1) is 22.2. The summed E-state index contributed by atoms with van der Waals surface area (Å²) >= 11 is 7.22. The van der Waals surface area contributed by atoms with Crippen LogP contribution in [0.25, 0.3) is 11.5 Å². The lowest BCUT2D eigenvalue weighted by Crippen LogP contribution is -2.28. The summed E-state index contributed by atoms with van der Waals surface area (Å²) in [7, 11) is 0. The topological polar surface area (TPSA) is 71.3 Å². The Bertz CT molecular complexity index is 973. The summed E-state index contributed by atoms with van der Waals surface area (Å²) < 4.78 is 5.71. The van der Waals surface area contributed by atoms with Crippen LogP contribution < -0.4 is 10.2 Å². The first-order valence-corrected chi connectivity index (χ1v) is 11.2. The Morgan fingerprint density at radius 1 is 1.17 bits per heavy atom. The van der Waals surface area contributed by atoms with Crippen LogP contribution in [0, 0.1) is 0 Å². The van der Waals surface area contributed by atoms with Crippen LogP contribution in [-0.2, 0) is 4.79 Å². The second kappa shape index (κ2) is 10.5. The smallest absolute Gasteiger partial charge is 0.277 e. The minimum atomic E-state index is -0.139. The van der Waals surface area contributed by atoms with Gasteiger partial charge < -0.3 is 14.6 Å². The highest BCUT2D eigenvalue weighted by Crippen LogP contribution is 2.25. The first-order chi connectivity index (χ1) is 14.5. The third kappa shape index (κ3) is 5.77. The van der Waals surface area contributed by atoms with Crippen LogP contribution in [0.15, 0.2) is 58.2 Å². The predicted octanol–water partition coefficient (Wildman–Crippen LogP) is 5.21.